The van der Waals surface area contributed by atoms with Crippen molar-refractivity contribution in [3.63, 3.8) is 0 Å². The van der Waals surface area contributed by atoms with Gasteiger partial charge in [0.05, 0.1) is 11.3 Å². The van der Waals surface area contributed by atoms with Gasteiger partial charge >= 0.3 is 0 Å². The van der Waals surface area contributed by atoms with E-state index in [1.165, 1.54) is 29.5 Å². The fourth-order valence-corrected chi connectivity index (χ4v) is 3.21. The van der Waals surface area contributed by atoms with E-state index in [0.29, 0.717) is 5.01 Å². The van der Waals surface area contributed by atoms with E-state index in [4.69, 9.17) is 0 Å². The average molecular weight is 296 g/mol. The Hall–Kier alpha value is -1.33. The fraction of sp³-hybridized carbons (Fsp3) is 0.400. The maximum atomic E-state index is 13.8. The number of nitrogens with one attached hydrogen (secondary N) is 1. The number of rotatable bonds is 5. The molecule has 0 spiro atoms. The lowest BCUT2D eigenvalue weighted by molar-refractivity contribution is 0.575. The number of nitrogens with zero attached hydrogens (tertiary/aromatic N) is 1. The van der Waals surface area contributed by atoms with Gasteiger partial charge in [0, 0.05) is 10.9 Å². The van der Waals surface area contributed by atoms with Gasteiger partial charge in [-0.1, -0.05) is 13.0 Å². The summed E-state index contributed by atoms with van der Waals surface area (Å²) in [4.78, 5) is 5.35. The Morgan fingerprint density at radius 2 is 1.95 bits per heavy atom. The molecule has 1 unspecified atom stereocenters. The van der Waals surface area contributed by atoms with E-state index in [-0.39, 0.29) is 11.6 Å². The fourth-order valence-electron chi connectivity index (χ4n) is 2.07. The quantitative estimate of drug-likeness (QED) is 0.881. The number of aryl methyl sites for hydroxylation is 1. The summed E-state index contributed by atoms with van der Waals surface area (Å²) in [6.45, 7) is 6.91. The monoisotopic (exact) mass is 296 g/mol. The maximum Gasteiger partial charge on any atom is 0.136 e. The first-order chi connectivity index (χ1) is 9.54. The predicted molar refractivity (Wildman–Crippen MR) is 78.9 cm³/mol. The van der Waals surface area contributed by atoms with Crippen LogP contribution >= 0.6 is 11.3 Å². The Labute approximate surface area is 121 Å². The van der Waals surface area contributed by atoms with Crippen LogP contribution in [0.4, 0.5) is 8.78 Å². The second-order valence-electron chi connectivity index (χ2n) is 4.74. The normalized spacial score (nSPS) is 12.7. The minimum atomic E-state index is -0.570. The molecular weight excluding hydrogens is 278 g/mol. The maximum absolute atomic E-state index is 13.8. The van der Waals surface area contributed by atoms with Crippen LogP contribution in [0.15, 0.2) is 18.2 Å². The number of halogens is 2. The van der Waals surface area contributed by atoms with Gasteiger partial charge in [-0.25, -0.2) is 13.8 Å². The van der Waals surface area contributed by atoms with Crippen molar-refractivity contribution in [2.24, 2.45) is 0 Å². The van der Waals surface area contributed by atoms with Gasteiger partial charge in [0.15, 0.2) is 0 Å². The van der Waals surface area contributed by atoms with Crippen LogP contribution in [-0.2, 0) is 0 Å². The van der Waals surface area contributed by atoms with E-state index in [2.05, 4.69) is 17.2 Å². The lowest BCUT2D eigenvalue weighted by Gasteiger charge is -2.11. The Balaban J connectivity index is 2.36. The lowest BCUT2D eigenvalue weighted by Crippen LogP contribution is -2.18. The molecule has 0 aliphatic rings. The van der Waals surface area contributed by atoms with Crippen molar-refractivity contribution in [1.29, 1.82) is 0 Å². The molecule has 0 saturated carbocycles. The van der Waals surface area contributed by atoms with Crippen LogP contribution in [0.1, 0.15) is 36.9 Å². The molecule has 2 nitrogen and oxygen atoms in total. The number of thiazole rings is 1. The van der Waals surface area contributed by atoms with Gasteiger partial charge in [-0.3, -0.25) is 0 Å². The van der Waals surface area contributed by atoms with Crippen molar-refractivity contribution in [2.45, 2.75) is 33.2 Å². The van der Waals surface area contributed by atoms with Crippen LogP contribution in [0.2, 0.25) is 0 Å². The van der Waals surface area contributed by atoms with E-state index in [0.717, 1.165) is 23.5 Å². The summed E-state index contributed by atoms with van der Waals surface area (Å²) in [5.41, 5.74) is 0.790. The van der Waals surface area contributed by atoms with Crippen LogP contribution in [0, 0.1) is 18.6 Å². The minimum absolute atomic E-state index is 0.0328. The van der Waals surface area contributed by atoms with E-state index in [9.17, 15) is 8.78 Å². The molecule has 0 aliphatic heterocycles. The van der Waals surface area contributed by atoms with Crippen LogP contribution in [0.3, 0.4) is 0 Å². The van der Waals surface area contributed by atoms with Gasteiger partial charge in [0.25, 0.3) is 0 Å². The summed E-state index contributed by atoms with van der Waals surface area (Å²) in [5.74, 6) is -1.14. The second-order valence-corrected chi connectivity index (χ2v) is 5.77. The van der Waals surface area contributed by atoms with Crippen molar-refractivity contribution in [1.82, 2.24) is 10.3 Å². The van der Waals surface area contributed by atoms with E-state index in [1.54, 1.807) is 0 Å². The smallest absolute Gasteiger partial charge is 0.136 e. The van der Waals surface area contributed by atoms with Gasteiger partial charge in [-0.15, -0.1) is 11.3 Å². The summed E-state index contributed by atoms with van der Waals surface area (Å²) in [6, 6.07) is 4.01. The van der Waals surface area contributed by atoms with Crippen LogP contribution in [-0.4, -0.2) is 11.5 Å². The molecule has 1 atom stereocenters. The lowest BCUT2D eigenvalue weighted by atomic mass is 10.2. The predicted octanol–water partition coefficient (Wildman–Crippen LogP) is 4.46. The molecule has 1 aromatic heterocycles. The molecule has 0 radical (unpaired) electrons. The third-order valence-electron chi connectivity index (χ3n) is 3.10. The molecule has 108 valence electrons. The number of hydrogen-bond donors (Lipinski definition) is 1. The molecule has 0 saturated heterocycles. The molecule has 0 amide bonds. The van der Waals surface area contributed by atoms with Crippen LogP contribution in [0.25, 0.3) is 10.6 Å². The summed E-state index contributed by atoms with van der Waals surface area (Å²) >= 11 is 1.35. The van der Waals surface area contributed by atoms with Gasteiger partial charge in [-0.2, -0.15) is 0 Å². The number of aromatic nitrogens is 1. The standard InChI is InChI=1S/C15H18F2N2S/c1-4-8-18-9(2)14-10(3)19-15(20-14)13-11(16)6-5-7-12(13)17/h5-7,9,18H,4,8H2,1-3H3. The molecule has 0 fully saturated rings. The molecule has 1 N–H and O–H groups in total. The molecule has 1 heterocycles. The molecule has 2 aromatic rings. The Morgan fingerprint density at radius 1 is 1.30 bits per heavy atom. The Kier molecular flexibility index (Phi) is 4.83. The second kappa shape index (κ2) is 6.41. The molecule has 1 aromatic carbocycles. The van der Waals surface area contributed by atoms with E-state index in [1.807, 2.05) is 13.8 Å². The zero-order valence-corrected chi connectivity index (χ0v) is 12.7. The summed E-state index contributed by atoms with van der Waals surface area (Å²) < 4.78 is 27.6. The highest BCUT2D eigenvalue weighted by atomic mass is 32.1. The Morgan fingerprint density at radius 3 is 2.55 bits per heavy atom. The Bertz CT molecular complexity index is 575. The van der Waals surface area contributed by atoms with Crippen molar-refractivity contribution in [3.8, 4) is 10.6 Å². The van der Waals surface area contributed by atoms with Gasteiger partial charge in [0.2, 0.25) is 0 Å². The van der Waals surface area contributed by atoms with Crippen molar-refractivity contribution in [2.75, 3.05) is 6.54 Å². The molecule has 2 rings (SSSR count). The first kappa shape index (κ1) is 15.1. The largest absolute Gasteiger partial charge is 0.309 e. The molecule has 5 heteroatoms. The SMILES string of the molecule is CCCNC(C)c1sc(-c2c(F)cccc2F)nc1C. The first-order valence-corrected chi connectivity index (χ1v) is 7.51. The highest BCUT2D eigenvalue weighted by Crippen LogP contribution is 2.34. The summed E-state index contributed by atoms with van der Waals surface area (Å²) in [6.07, 6.45) is 1.04. The van der Waals surface area contributed by atoms with Crippen molar-refractivity contribution < 1.29 is 8.78 Å². The van der Waals surface area contributed by atoms with Crippen LogP contribution in [0.5, 0.6) is 0 Å². The average Bonchev–Trinajstić information content (AvgIpc) is 2.77. The molecular formula is C15H18F2N2S. The van der Waals surface area contributed by atoms with Crippen LogP contribution < -0.4 is 5.32 Å². The third-order valence-corrected chi connectivity index (χ3v) is 4.46. The topological polar surface area (TPSA) is 24.9 Å². The van der Waals surface area contributed by atoms with E-state index >= 15 is 0 Å². The minimum Gasteiger partial charge on any atom is -0.309 e. The number of benzene rings is 1. The zero-order valence-electron chi connectivity index (χ0n) is 11.8. The molecule has 20 heavy (non-hydrogen) atoms. The third kappa shape index (κ3) is 3.04. The first-order valence-electron chi connectivity index (χ1n) is 6.69. The van der Waals surface area contributed by atoms with E-state index < -0.39 is 11.6 Å². The van der Waals surface area contributed by atoms with Gasteiger partial charge in [-0.05, 0) is 38.9 Å². The van der Waals surface area contributed by atoms with Crippen molar-refractivity contribution in [3.05, 3.63) is 40.4 Å². The zero-order chi connectivity index (χ0) is 14.7. The van der Waals surface area contributed by atoms with Gasteiger partial charge in [0.1, 0.15) is 16.6 Å². The highest BCUT2D eigenvalue weighted by molar-refractivity contribution is 7.15. The van der Waals surface area contributed by atoms with Crippen molar-refractivity contribution >= 4 is 11.3 Å². The summed E-state index contributed by atoms with van der Waals surface area (Å²) in [7, 11) is 0. The highest BCUT2D eigenvalue weighted by Gasteiger charge is 2.19. The summed E-state index contributed by atoms with van der Waals surface area (Å²) in [5, 5.41) is 3.77. The number of hydrogen-bond acceptors (Lipinski definition) is 3. The molecule has 0 aliphatic carbocycles. The molecule has 0 bridgehead atoms. The van der Waals surface area contributed by atoms with Gasteiger partial charge < -0.3 is 5.32 Å².